The first kappa shape index (κ1) is 11.7. The molecule has 0 fully saturated rings. The second kappa shape index (κ2) is 6.19. The molecule has 0 radical (unpaired) electrons. The van der Waals surface area contributed by atoms with E-state index in [4.69, 9.17) is 10.8 Å². The Morgan fingerprint density at radius 3 is 2.27 bits per heavy atom. The van der Waals surface area contributed by atoms with E-state index < -0.39 is 5.97 Å². The molecule has 0 saturated heterocycles. The highest BCUT2D eigenvalue weighted by Gasteiger charge is 1.97. The lowest BCUT2D eigenvalue weighted by Crippen LogP contribution is -1.97. The van der Waals surface area contributed by atoms with Crippen LogP contribution in [0.5, 0.6) is 0 Å². The number of hydrogen-bond acceptors (Lipinski definition) is 2. The van der Waals surface area contributed by atoms with E-state index in [2.05, 4.69) is 12.1 Å². The third-order valence-corrected chi connectivity index (χ3v) is 2.36. The summed E-state index contributed by atoms with van der Waals surface area (Å²) in [4.78, 5) is 10.3. The smallest absolute Gasteiger partial charge is 0.303 e. The molecule has 3 N–H and O–H groups in total. The Hall–Kier alpha value is -1.35. The first-order valence-corrected chi connectivity index (χ1v) is 5.22. The van der Waals surface area contributed by atoms with Crippen LogP contribution in [0.4, 0.5) is 0 Å². The lowest BCUT2D eigenvalue weighted by Gasteiger charge is -2.02. The van der Waals surface area contributed by atoms with E-state index in [-0.39, 0.29) is 6.42 Å². The van der Waals surface area contributed by atoms with E-state index >= 15 is 0 Å². The van der Waals surface area contributed by atoms with Gasteiger partial charge in [0, 0.05) is 13.0 Å². The van der Waals surface area contributed by atoms with Crippen molar-refractivity contribution in [2.45, 2.75) is 32.2 Å². The highest BCUT2D eigenvalue weighted by atomic mass is 16.4. The van der Waals surface area contributed by atoms with E-state index in [1.807, 2.05) is 12.1 Å². The zero-order valence-corrected chi connectivity index (χ0v) is 8.78. The fourth-order valence-electron chi connectivity index (χ4n) is 1.45. The first-order chi connectivity index (χ1) is 7.22. The van der Waals surface area contributed by atoms with Gasteiger partial charge in [0.15, 0.2) is 0 Å². The summed E-state index contributed by atoms with van der Waals surface area (Å²) in [5.41, 5.74) is 7.87. The second-order valence-electron chi connectivity index (χ2n) is 3.62. The third-order valence-electron chi connectivity index (χ3n) is 2.36. The molecule has 0 aliphatic carbocycles. The van der Waals surface area contributed by atoms with Crippen LogP contribution in [0.1, 0.15) is 30.4 Å². The molecule has 0 aliphatic heterocycles. The second-order valence-corrected chi connectivity index (χ2v) is 3.62. The van der Waals surface area contributed by atoms with Crippen LogP contribution in [0.15, 0.2) is 24.3 Å². The van der Waals surface area contributed by atoms with Crippen molar-refractivity contribution < 1.29 is 9.90 Å². The number of nitrogens with two attached hydrogens (primary N) is 1. The Morgan fingerprint density at radius 1 is 1.13 bits per heavy atom. The molecule has 1 aromatic carbocycles. The van der Waals surface area contributed by atoms with E-state index in [0.29, 0.717) is 6.54 Å². The van der Waals surface area contributed by atoms with Crippen molar-refractivity contribution in [3.05, 3.63) is 35.4 Å². The minimum absolute atomic E-state index is 0.265. The summed E-state index contributed by atoms with van der Waals surface area (Å²) < 4.78 is 0. The van der Waals surface area contributed by atoms with Gasteiger partial charge in [-0.25, -0.2) is 0 Å². The fourth-order valence-corrected chi connectivity index (χ4v) is 1.45. The van der Waals surface area contributed by atoms with Crippen LogP contribution in [-0.4, -0.2) is 11.1 Å². The van der Waals surface area contributed by atoms with E-state index in [1.54, 1.807) is 0 Å². The molecule has 82 valence electrons. The highest BCUT2D eigenvalue weighted by Crippen LogP contribution is 2.08. The summed E-state index contributed by atoms with van der Waals surface area (Å²) in [6.45, 7) is 0.569. The van der Waals surface area contributed by atoms with Crippen LogP contribution in [0.2, 0.25) is 0 Å². The van der Waals surface area contributed by atoms with Gasteiger partial charge in [0.1, 0.15) is 0 Å². The zero-order chi connectivity index (χ0) is 11.1. The lowest BCUT2D eigenvalue weighted by molar-refractivity contribution is -0.137. The standard InChI is InChI=1S/C12H17NO2/c13-9-11-7-5-10(6-8-11)3-1-2-4-12(14)15/h5-8H,1-4,9,13H2,(H,14,15). The lowest BCUT2D eigenvalue weighted by atomic mass is 10.1. The molecule has 0 saturated carbocycles. The summed E-state index contributed by atoms with van der Waals surface area (Å²) in [6.07, 6.45) is 2.88. The summed E-state index contributed by atoms with van der Waals surface area (Å²) >= 11 is 0. The maximum Gasteiger partial charge on any atom is 0.303 e. The van der Waals surface area contributed by atoms with E-state index in [1.165, 1.54) is 5.56 Å². The molecule has 1 rings (SSSR count). The molecule has 0 atom stereocenters. The molecule has 3 heteroatoms. The van der Waals surface area contributed by atoms with Gasteiger partial charge in [-0.3, -0.25) is 4.79 Å². The van der Waals surface area contributed by atoms with Crippen LogP contribution in [-0.2, 0) is 17.8 Å². The molecule has 0 unspecified atom stereocenters. The third kappa shape index (κ3) is 4.61. The van der Waals surface area contributed by atoms with Crippen molar-refractivity contribution in [3.8, 4) is 0 Å². The number of benzene rings is 1. The van der Waals surface area contributed by atoms with Crippen molar-refractivity contribution in [1.82, 2.24) is 0 Å². The van der Waals surface area contributed by atoms with Gasteiger partial charge in [-0.15, -0.1) is 0 Å². The fraction of sp³-hybridized carbons (Fsp3) is 0.417. The number of aliphatic carboxylic acids is 1. The summed E-state index contributed by atoms with van der Waals surface area (Å²) in [5, 5.41) is 8.47. The van der Waals surface area contributed by atoms with Crippen LogP contribution < -0.4 is 5.73 Å². The topological polar surface area (TPSA) is 63.3 Å². The molecule has 0 amide bonds. The first-order valence-electron chi connectivity index (χ1n) is 5.22. The molecule has 3 nitrogen and oxygen atoms in total. The van der Waals surface area contributed by atoms with Gasteiger partial charge in [-0.1, -0.05) is 24.3 Å². The highest BCUT2D eigenvalue weighted by molar-refractivity contribution is 5.66. The number of unbranched alkanes of at least 4 members (excludes halogenated alkanes) is 1. The van der Waals surface area contributed by atoms with E-state index in [0.717, 1.165) is 24.8 Å². The average molecular weight is 207 g/mol. The van der Waals surface area contributed by atoms with Crippen LogP contribution >= 0.6 is 0 Å². The van der Waals surface area contributed by atoms with E-state index in [9.17, 15) is 4.79 Å². The molecule has 0 aromatic heterocycles. The minimum atomic E-state index is -0.714. The maximum atomic E-state index is 10.3. The van der Waals surface area contributed by atoms with Gasteiger partial charge in [-0.05, 0) is 30.4 Å². The summed E-state index contributed by atoms with van der Waals surface area (Å²) in [6, 6.07) is 8.16. The number of carbonyl (C=O) groups is 1. The Balaban J connectivity index is 2.28. The summed E-state index contributed by atoms with van der Waals surface area (Å²) in [5.74, 6) is -0.714. The van der Waals surface area contributed by atoms with Crippen molar-refractivity contribution >= 4 is 5.97 Å². The van der Waals surface area contributed by atoms with Crippen molar-refractivity contribution in [1.29, 1.82) is 0 Å². The Labute approximate surface area is 89.9 Å². The van der Waals surface area contributed by atoms with Gasteiger partial charge >= 0.3 is 5.97 Å². The molecule has 15 heavy (non-hydrogen) atoms. The minimum Gasteiger partial charge on any atom is -0.481 e. The maximum absolute atomic E-state index is 10.3. The molecular weight excluding hydrogens is 190 g/mol. The molecule has 1 aromatic rings. The Bertz CT molecular complexity index is 306. The monoisotopic (exact) mass is 207 g/mol. The van der Waals surface area contributed by atoms with Gasteiger partial charge in [0.05, 0.1) is 0 Å². The number of carboxylic acid groups (broad SMARTS) is 1. The average Bonchev–Trinajstić information content (AvgIpc) is 2.25. The molecule has 0 heterocycles. The van der Waals surface area contributed by atoms with Crippen molar-refractivity contribution in [3.63, 3.8) is 0 Å². The molecule has 0 aliphatic rings. The summed E-state index contributed by atoms with van der Waals surface area (Å²) in [7, 11) is 0. The number of hydrogen-bond donors (Lipinski definition) is 2. The number of carboxylic acids is 1. The number of aryl methyl sites for hydroxylation is 1. The Kier molecular flexibility index (Phi) is 4.84. The van der Waals surface area contributed by atoms with Crippen LogP contribution in [0.3, 0.4) is 0 Å². The van der Waals surface area contributed by atoms with Gasteiger partial charge < -0.3 is 10.8 Å². The molecule has 0 bridgehead atoms. The Morgan fingerprint density at radius 2 is 1.73 bits per heavy atom. The SMILES string of the molecule is NCc1ccc(CCCCC(=O)O)cc1. The molecular formula is C12H17NO2. The quantitative estimate of drug-likeness (QED) is 0.701. The largest absolute Gasteiger partial charge is 0.481 e. The number of rotatable bonds is 6. The van der Waals surface area contributed by atoms with Gasteiger partial charge in [0.2, 0.25) is 0 Å². The van der Waals surface area contributed by atoms with Crippen LogP contribution in [0, 0.1) is 0 Å². The van der Waals surface area contributed by atoms with Crippen LogP contribution in [0.25, 0.3) is 0 Å². The predicted octanol–water partition coefficient (Wildman–Crippen LogP) is 1.94. The normalized spacial score (nSPS) is 10.2. The van der Waals surface area contributed by atoms with Crippen molar-refractivity contribution in [2.75, 3.05) is 0 Å². The zero-order valence-electron chi connectivity index (χ0n) is 8.78. The van der Waals surface area contributed by atoms with Gasteiger partial charge in [0.25, 0.3) is 0 Å². The van der Waals surface area contributed by atoms with Gasteiger partial charge in [-0.2, -0.15) is 0 Å². The van der Waals surface area contributed by atoms with Crippen molar-refractivity contribution in [2.24, 2.45) is 5.73 Å². The predicted molar refractivity (Wildman–Crippen MR) is 59.5 cm³/mol. The molecule has 0 spiro atoms.